The normalized spacial score (nSPS) is 39.1. The average Bonchev–Trinajstić information content (AvgIpc) is 2.25. The first-order valence-corrected chi connectivity index (χ1v) is 4.45. The quantitative estimate of drug-likeness (QED) is 0.548. The lowest BCUT2D eigenvalue weighted by molar-refractivity contribution is -0.141. The van der Waals surface area contributed by atoms with Crippen LogP contribution in [0, 0.1) is 0 Å². The largest absolute Gasteiger partial charge is 0.344 e. The fraction of sp³-hybridized carbons (Fsp3) is 0.889. The van der Waals surface area contributed by atoms with E-state index in [9.17, 15) is 0 Å². The number of hydrogen-bond donors (Lipinski definition) is 0. The van der Waals surface area contributed by atoms with Crippen molar-refractivity contribution < 1.29 is 9.47 Å². The van der Waals surface area contributed by atoms with Crippen molar-refractivity contribution in [2.75, 3.05) is 6.54 Å². The fourth-order valence-corrected chi connectivity index (χ4v) is 1.86. The molecule has 0 radical (unpaired) electrons. The van der Waals surface area contributed by atoms with Gasteiger partial charge in [0.1, 0.15) is 6.10 Å². The Morgan fingerprint density at radius 1 is 1.42 bits per heavy atom. The van der Waals surface area contributed by atoms with Gasteiger partial charge in [0.2, 0.25) is 0 Å². The molecule has 2 aliphatic heterocycles. The minimum absolute atomic E-state index is 0.105. The second-order valence-electron chi connectivity index (χ2n) is 3.91. The molecule has 1 fully saturated rings. The molecular weight excluding hydrogens is 154 g/mol. The average molecular weight is 169 g/mol. The summed E-state index contributed by atoms with van der Waals surface area (Å²) in [5, 5.41) is 0. The van der Waals surface area contributed by atoms with E-state index < -0.39 is 5.79 Å². The minimum atomic E-state index is -0.420. The molecule has 0 aromatic heterocycles. The van der Waals surface area contributed by atoms with Gasteiger partial charge in [-0.25, -0.2) is 0 Å². The van der Waals surface area contributed by atoms with Crippen LogP contribution in [-0.2, 0) is 9.47 Å². The molecular formula is C9H15NO2. The number of nitrogens with zero attached hydrogens (tertiary/aromatic N) is 1. The molecule has 68 valence electrons. The van der Waals surface area contributed by atoms with E-state index in [0.29, 0.717) is 0 Å². The molecule has 12 heavy (non-hydrogen) atoms. The van der Waals surface area contributed by atoms with Crippen LogP contribution in [0.5, 0.6) is 0 Å². The highest BCUT2D eigenvalue weighted by atomic mass is 16.8. The summed E-state index contributed by atoms with van der Waals surface area (Å²) in [7, 11) is 0. The van der Waals surface area contributed by atoms with Gasteiger partial charge in [0.15, 0.2) is 5.79 Å². The minimum Gasteiger partial charge on any atom is -0.344 e. The van der Waals surface area contributed by atoms with E-state index >= 15 is 0 Å². The monoisotopic (exact) mass is 169 g/mol. The molecule has 0 amide bonds. The fourth-order valence-electron chi connectivity index (χ4n) is 1.86. The van der Waals surface area contributed by atoms with Crippen molar-refractivity contribution in [1.29, 1.82) is 0 Å². The Morgan fingerprint density at radius 2 is 2.17 bits per heavy atom. The molecule has 2 atom stereocenters. The molecule has 2 heterocycles. The van der Waals surface area contributed by atoms with Crippen LogP contribution in [-0.4, -0.2) is 30.3 Å². The van der Waals surface area contributed by atoms with Gasteiger partial charge in [0.05, 0.1) is 6.10 Å². The van der Waals surface area contributed by atoms with Gasteiger partial charge >= 0.3 is 0 Å². The second kappa shape index (κ2) is 2.54. The zero-order chi connectivity index (χ0) is 8.77. The molecule has 3 heteroatoms. The Labute approximate surface area is 72.8 Å². The Kier molecular flexibility index (Phi) is 1.73. The molecule has 2 rings (SSSR count). The van der Waals surface area contributed by atoms with Crippen molar-refractivity contribution in [2.24, 2.45) is 4.99 Å². The molecule has 0 aromatic rings. The zero-order valence-corrected chi connectivity index (χ0v) is 7.83. The second-order valence-corrected chi connectivity index (χ2v) is 3.91. The summed E-state index contributed by atoms with van der Waals surface area (Å²) in [4.78, 5) is 4.35. The maximum absolute atomic E-state index is 5.72. The summed E-state index contributed by atoms with van der Waals surface area (Å²) in [5.74, 6) is -0.420. The Balaban J connectivity index is 2.18. The summed E-state index contributed by atoms with van der Waals surface area (Å²) < 4.78 is 11.4. The van der Waals surface area contributed by atoms with E-state index in [4.69, 9.17) is 9.47 Å². The van der Waals surface area contributed by atoms with Gasteiger partial charge in [-0.3, -0.25) is 4.99 Å². The third-order valence-corrected chi connectivity index (χ3v) is 2.37. The van der Waals surface area contributed by atoms with E-state index in [0.717, 1.165) is 18.7 Å². The molecule has 1 saturated heterocycles. The van der Waals surface area contributed by atoms with Gasteiger partial charge in [-0.2, -0.15) is 0 Å². The first kappa shape index (κ1) is 8.20. The van der Waals surface area contributed by atoms with Crippen molar-refractivity contribution in [2.45, 2.75) is 45.2 Å². The van der Waals surface area contributed by atoms with Crippen molar-refractivity contribution in [3.63, 3.8) is 0 Å². The van der Waals surface area contributed by atoms with E-state index in [-0.39, 0.29) is 12.2 Å². The Bertz CT molecular complexity index is 223. The molecule has 0 saturated carbocycles. The smallest absolute Gasteiger partial charge is 0.164 e. The molecule has 0 bridgehead atoms. The number of rotatable bonds is 0. The summed E-state index contributed by atoms with van der Waals surface area (Å²) in [5.41, 5.74) is 1.08. The van der Waals surface area contributed by atoms with E-state index in [1.54, 1.807) is 0 Å². The highest BCUT2D eigenvalue weighted by Gasteiger charge is 2.43. The third kappa shape index (κ3) is 1.27. The molecule has 0 N–H and O–H groups in total. The summed E-state index contributed by atoms with van der Waals surface area (Å²) in [6.07, 6.45) is 1.33. The summed E-state index contributed by atoms with van der Waals surface area (Å²) in [6, 6.07) is 0. The van der Waals surface area contributed by atoms with Crippen LogP contribution < -0.4 is 0 Å². The lowest BCUT2D eigenvalue weighted by Crippen LogP contribution is -2.34. The molecule has 3 nitrogen and oxygen atoms in total. The predicted octanol–water partition coefficient (Wildman–Crippen LogP) is 1.37. The SMILES string of the molecule is CC1=NCC[C@H]2OC(C)(C)O[C@@H]12. The van der Waals surface area contributed by atoms with Crippen molar-refractivity contribution in [3.8, 4) is 0 Å². The molecule has 0 aromatic carbocycles. The number of ether oxygens (including phenoxy) is 2. The van der Waals surface area contributed by atoms with Gasteiger partial charge in [-0.15, -0.1) is 0 Å². The lowest BCUT2D eigenvalue weighted by Gasteiger charge is -2.20. The zero-order valence-electron chi connectivity index (χ0n) is 7.83. The Hall–Kier alpha value is -0.410. The predicted molar refractivity (Wildman–Crippen MR) is 46.4 cm³/mol. The number of fused-ring (bicyclic) bond motifs is 1. The standard InChI is InChI=1S/C9H15NO2/c1-6-8-7(4-5-10-6)11-9(2,3)12-8/h7-8H,4-5H2,1-3H3/t7-,8+/m1/s1. The highest BCUT2D eigenvalue weighted by molar-refractivity contribution is 5.87. The Morgan fingerprint density at radius 3 is 2.83 bits per heavy atom. The van der Waals surface area contributed by atoms with Crippen LogP contribution in [0.25, 0.3) is 0 Å². The van der Waals surface area contributed by atoms with E-state index in [1.807, 2.05) is 20.8 Å². The van der Waals surface area contributed by atoms with Gasteiger partial charge in [-0.1, -0.05) is 0 Å². The van der Waals surface area contributed by atoms with E-state index in [1.165, 1.54) is 0 Å². The number of aliphatic imine (C=N–C) groups is 1. The van der Waals surface area contributed by atoms with Gasteiger partial charge in [-0.05, 0) is 27.2 Å². The first-order chi connectivity index (χ1) is 5.58. The van der Waals surface area contributed by atoms with Gasteiger partial charge < -0.3 is 9.47 Å². The summed E-state index contributed by atoms with van der Waals surface area (Å²) in [6.45, 7) is 6.81. The van der Waals surface area contributed by atoms with Gasteiger partial charge in [0.25, 0.3) is 0 Å². The maximum atomic E-state index is 5.72. The van der Waals surface area contributed by atoms with Crippen LogP contribution in [0.3, 0.4) is 0 Å². The highest BCUT2D eigenvalue weighted by Crippen LogP contribution is 2.32. The third-order valence-electron chi connectivity index (χ3n) is 2.37. The first-order valence-electron chi connectivity index (χ1n) is 4.45. The van der Waals surface area contributed by atoms with Crippen LogP contribution in [0.4, 0.5) is 0 Å². The van der Waals surface area contributed by atoms with Crippen molar-refractivity contribution in [3.05, 3.63) is 0 Å². The molecule has 2 aliphatic rings. The molecule has 0 aliphatic carbocycles. The molecule has 0 spiro atoms. The number of hydrogen-bond acceptors (Lipinski definition) is 3. The lowest BCUT2D eigenvalue weighted by atomic mass is 10.0. The van der Waals surface area contributed by atoms with Crippen LogP contribution in [0.2, 0.25) is 0 Å². The topological polar surface area (TPSA) is 30.8 Å². The summed E-state index contributed by atoms with van der Waals surface area (Å²) >= 11 is 0. The van der Waals surface area contributed by atoms with Crippen molar-refractivity contribution >= 4 is 5.71 Å². The molecule has 0 unspecified atom stereocenters. The van der Waals surface area contributed by atoms with E-state index in [2.05, 4.69) is 4.99 Å². The van der Waals surface area contributed by atoms with Crippen LogP contribution in [0.15, 0.2) is 4.99 Å². The van der Waals surface area contributed by atoms with Crippen molar-refractivity contribution in [1.82, 2.24) is 0 Å². The van der Waals surface area contributed by atoms with Gasteiger partial charge in [0, 0.05) is 12.3 Å². The maximum Gasteiger partial charge on any atom is 0.164 e. The van der Waals surface area contributed by atoms with Crippen LogP contribution >= 0.6 is 0 Å². The van der Waals surface area contributed by atoms with Crippen LogP contribution in [0.1, 0.15) is 27.2 Å².